The summed E-state index contributed by atoms with van der Waals surface area (Å²) in [5, 5.41) is 6.65. The largest absolute Gasteiger partial charge is 0.493 e. The van der Waals surface area contributed by atoms with Crippen molar-refractivity contribution in [3.05, 3.63) is 57.7 Å². The number of anilines is 1. The Labute approximate surface area is 174 Å². The van der Waals surface area contributed by atoms with E-state index in [2.05, 4.69) is 20.6 Å². The zero-order chi connectivity index (χ0) is 20.8. The van der Waals surface area contributed by atoms with Crippen LogP contribution in [0, 0.1) is 20.8 Å². The monoisotopic (exact) mass is 412 g/mol. The summed E-state index contributed by atoms with van der Waals surface area (Å²) in [6, 6.07) is 8.82. The number of nitrogens with zero attached hydrogens (tertiary/aromatic N) is 2. The number of aromatic nitrogens is 2. The van der Waals surface area contributed by atoms with Crippen LogP contribution in [-0.4, -0.2) is 29.7 Å². The van der Waals surface area contributed by atoms with Gasteiger partial charge < -0.3 is 20.1 Å². The van der Waals surface area contributed by atoms with E-state index >= 15 is 0 Å². The fraction of sp³-hybridized carbons (Fsp3) is 0.286. The summed E-state index contributed by atoms with van der Waals surface area (Å²) in [7, 11) is 1.60. The Morgan fingerprint density at radius 2 is 1.97 bits per heavy atom. The number of methoxy groups -OCH3 is 1. The number of aryl methyl sites for hydroxylation is 3. The van der Waals surface area contributed by atoms with Crippen LogP contribution < -0.4 is 20.1 Å². The fourth-order valence-electron chi connectivity index (χ4n) is 2.76. The van der Waals surface area contributed by atoms with E-state index in [9.17, 15) is 4.79 Å². The number of thiazole rings is 1. The quantitative estimate of drug-likeness (QED) is 0.591. The molecule has 2 heterocycles. The van der Waals surface area contributed by atoms with E-state index in [-0.39, 0.29) is 6.03 Å². The second-order valence-corrected chi connectivity index (χ2v) is 7.80. The Morgan fingerprint density at radius 1 is 1.14 bits per heavy atom. The average molecular weight is 413 g/mol. The van der Waals surface area contributed by atoms with Crippen LogP contribution in [-0.2, 0) is 6.42 Å². The van der Waals surface area contributed by atoms with Crippen LogP contribution in [0.4, 0.5) is 10.5 Å². The van der Waals surface area contributed by atoms with Crippen LogP contribution in [0.3, 0.4) is 0 Å². The van der Waals surface area contributed by atoms with E-state index in [1.807, 2.05) is 39.0 Å². The van der Waals surface area contributed by atoms with Gasteiger partial charge in [-0.1, -0.05) is 6.07 Å². The van der Waals surface area contributed by atoms with Crippen molar-refractivity contribution in [1.29, 1.82) is 0 Å². The Balaban J connectivity index is 1.51. The molecule has 0 radical (unpaired) electrons. The van der Waals surface area contributed by atoms with Crippen LogP contribution >= 0.6 is 11.3 Å². The zero-order valence-electron chi connectivity index (χ0n) is 16.9. The molecule has 7 nitrogen and oxygen atoms in total. The van der Waals surface area contributed by atoms with Gasteiger partial charge in [-0.15, -0.1) is 11.3 Å². The van der Waals surface area contributed by atoms with Gasteiger partial charge in [0.1, 0.15) is 0 Å². The van der Waals surface area contributed by atoms with Crippen molar-refractivity contribution in [1.82, 2.24) is 15.3 Å². The average Bonchev–Trinajstić information content (AvgIpc) is 3.01. The van der Waals surface area contributed by atoms with Crippen molar-refractivity contribution in [3.8, 4) is 17.4 Å². The van der Waals surface area contributed by atoms with Crippen LogP contribution in [0.25, 0.3) is 0 Å². The predicted octanol–water partition coefficient (Wildman–Crippen LogP) is 4.63. The van der Waals surface area contributed by atoms with Crippen molar-refractivity contribution in [2.75, 3.05) is 19.0 Å². The lowest BCUT2D eigenvalue weighted by Crippen LogP contribution is -2.30. The fourth-order valence-corrected chi connectivity index (χ4v) is 3.69. The van der Waals surface area contributed by atoms with Gasteiger partial charge in [0, 0.05) is 23.9 Å². The molecule has 29 heavy (non-hydrogen) atoms. The van der Waals surface area contributed by atoms with Crippen LogP contribution in [0.1, 0.15) is 21.1 Å². The van der Waals surface area contributed by atoms with E-state index in [1.165, 1.54) is 4.88 Å². The maximum Gasteiger partial charge on any atom is 0.319 e. The summed E-state index contributed by atoms with van der Waals surface area (Å²) in [4.78, 5) is 21.9. The topological polar surface area (TPSA) is 85.4 Å². The smallest absolute Gasteiger partial charge is 0.319 e. The molecule has 0 aliphatic heterocycles. The summed E-state index contributed by atoms with van der Waals surface area (Å²) in [6.07, 6.45) is 2.31. The first-order valence-electron chi connectivity index (χ1n) is 9.21. The highest BCUT2D eigenvalue weighted by Gasteiger charge is 2.09. The maximum absolute atomic E-state index is 12.1. The Morgan fingerprint density at radius 3 is 2.62 bits per heavy atom. The molecule has 3 aromatic rings. The molecular weight excluding hydrogens is 388 g/mol. The molecule has 0 aliphatic carbocycles. The SMILES string of the molecule is COc1cc(C)ccc1Oc1ccc(NC(=O)NCCc2sc(C)nc2C)cn1. The van der Waals surface area contributed by atoms with Crippen molar-refractivity contribution < 1.29 is 14.3 Å². The van der Waals surface area contributed by atoms with Crippen LogP contribution in [0.2, 0.25) is 0 Å². The summed E-state index contributed by atoms with van der Waals surface area (Å²) < 4.78 is 11.1. The molecule has 1 aromatic carbocycles. The first-order chi connectivity index (χ1) is 13.9. The summed E-state index contributed by atoms with van der Waals surface area (Å²) in [5.41, 5.74) is 2.68. The Kier molecular flexibility index (Phi) is 6.66. The third kappa shape index (κ3) is 5.68. The van der Waals surface area contributed by atoms with E-state index in [0.29, 0.717) is 29.6 Å². The molecule has 0 spiro atoms. The number of nitrogens with one attached hydrogen (secondary N) is 2. The van der Waals surface area contributed by atoms with Gasteiger partial charge in [0.15, 0.2) is 11.5 Å². The lowest BCUT2D eigenvalue weighted by atomic mass is 10.2. The lowest BCUT2D eigenvalue weighted by Gasteiger charge is -2.11. The van der Waals surface area contributed by atoms with Crippen LogP contribution in [0.15, 0.2) is 36.5 Å². The molecule has 2 N–H and O–H groups in total. The second-order valence-electron chi connectivity index (χ2n) is 6.51. The molecule has 2 aromatic heterocycles. The van der Waals surface area contributed by atoms with Crippen molar-refractivity contribution >= 4 is 23.1 Å². The number of rotatable bonds is 7. The molecule has 3 rings (SSSR count). The van der Waals surface area contributed by atoms with Gasteiger partial charge in [0.2, 0.25) is 5.88 Å². The van der Waals surface area contributed by atoms with Gasteiger partial charge in [0.25, 0.3) is 0 Å². The van der Waals surface area contributed by atoms with E-state index in [4.69, 9.17) is 9.47 Å². The summed E-state index contributed by atoms with van der Waals surface area (Å²) >= 11 is 1.66. The van der Waals surface area contributed by atoms with Gasteiger partial charge in [-0.3, -0.25) is 0 Å². The van der Waals surface area contributed by atoms with Crippen molar-refractivity contribution in [2.24, 2.45) is 0 Å². The minimum Gasteiger partial charge on any atom is -0.493 e. The highest BCUT2D eigenvalue weighted by atomic mass is 32.1. The number of urea groups is 1. The first-order valence-corrected chi connectivity index (χ1v) is 10.0. The van der Waals surface area contributed by atoms with E-state index in [0.717, 1.165) is 22.7 Å². The maximum atomic E-state index is 12.1. The predicted molar refractivity (Wildman–Crippen MR) is 114 cm³/mol. The van der Waals surface area contributed by atoms with Crippen molar-refractivity contribution in [3.63, 3.8) is 0 Å². The number of amides is 2. The third-order valence-corrected chi connectivity index (χ3v) is 5.30. The molecule has 2 amide bonds. The molecule has 152 valence electrons. The molecule has 0 saturated carbocycles. The molecule has 8 heteroatoms. The number of carbonyl (C=O) groups is 1. The molecule has 0 fully saturated rings. The molecular formula is C21H24N4O3S. The van der Waals surface area contributed by atoms with Gasteiger partial charge in [-0.2, -0.15) is 0 Å². The van der Waals surface area contributed by atoms with Crippen molar-refractivity contribution in [2.45, 2.75) is 27.2 Å². The minimum absolute atomic E-state index is 0.278. The number of pyridine rings is 1. The zero-order valence-corrected chi connectivity index (χ0v) is 17.7. The molecule has 0 unspecified atom stereocenters. The number of carbonyl (C=O) groups excluding carboxylic acids is 1. The lowest BCUT2D eigenvalue weighted by molar-refractivity contribution is 0.252. The van der Waals surface area contributed by atoms with Gasteiger partial charge in [0.05, 0.1) is 29.7 Å². The highest BCUT2D eigenvalue weighted by molar-refractivity contribution is 7.11. The number of ether oxygens (including phenoxy) is 2. The second kappa shape index (κ2) is 9.38. The Hall–Kier alpha value is -3.13. The first kappa shape index (κ1) is 20.6. The molecule has 0 saturated heterocycles. The standard InChI is InChI=1S/C21H24N4O3S/c1-13-5-7-17(18(11-13)27-4)28-20-8-6-16(12-23-20)25-21(26)22-10-9-19-14(2)24-15(3)29-19/h5-8,11-12H,9-10H2,1-4H3,(H2,22,25,26). The van der Waals surface area contributed by atoms with Gasteiger partial charge in [-0.05, 0) is 44.5 Å². The molecule has 0 bridgehead atoms. The molecule has 0 atom stereocenters. The normalized spacial score (nSPS) is 10.5. The number of hydrogen-bond acceptors (Lipinski definition) is 6. The van der Waals surface area contributed by atoms with E-state index < -0.39 is 0 Å². The number of benzene rings is 1. The van der Waals surface area contributed by atoms with Gasteiger partial charge in [-0.25, -0.2) is 14.8 Å². The summed E-state index contributed by atoms with van der Waals surface area (Å²) in [5.74, 6) is 1.63. The number of hydrogen-bond donors (Lipinski definition) is 2. The van der Waals surface area contributed by atoms with Gasteiger partial charge >= 0.3 is 6.03 Å². The summed E-state index contributed by atoms with van der Waals surface area (Å²) in [6.45, 7) is 6.49. The molecule has 0 aliphatic rings. The van der Waals surface area contributed by atoms with E-state index in [1.54, 1.807) is 36.8 Å². The van der Waals surface area contributed by atoms with Crippen LogP contribution in [0.5, 0.6) is 17.4 Å². The third-order valence-electron chi connectivity index (χ3n) is 4.17. The minimum atomic E-state index is -0.278. The Bertz CT molecular complexity index is 986. The highest BCUT2D eigenvalue weighted by Crippen LogP contribution is 2.31.